The minimum Gasteiger partial charge on any atom is -0.273 e. The SMILES string of the molecule is O=C1CSC(=O)N1CC1(CS)CCCC1. The molecule has 2 fully saturated rings. The number of hydrogen-bond donors (Lipinski definition) is 1. The van der Waals surface area contributed by atoms with Gasteiger partial charge in [-0.15, -0.1) is 0 Å². The molecule has 84 valence electrons. The van der Waals surface area contributed by atoms with Crippen LogP contribution in [0.2, 0.25) is 0 Å². The third-order valence-corrected chi connectivity index (χ3v) is 4.86. The van der Waals surface area contributed by atoms with Crippen molar-refractivity contribution < 1.29 is 9.59 Å². The first-order valence-electron chi connectivity index (χ1n) is 5.25. The van der Waals surface area contributed by atoms with Gasteiger partial charge in [0.25, 0.3) is 5.24 Å². The van der Waals surface area contributed by atoms with Gasteiger partial charge in [0.1, 0.15) is 0 Å². The molecule has 0 aromatic rings. The molecule has 2 rings (SSSR count). The highest BCUT2D eigenvalue weighted by Crippen LogP contribution is 2.40. The number of thiol groups is 1. The van der Waals surface area contributed by atoms with Crippen LogP contribution in [0.4, 0.5) is 4.79 Å². The van der Waals surface area contributed by atoms with Gasteiger partial charge in [-0.1, -0.05) is 24.6 Å². The Morgan fingerprint density at radius 2 is 2.00 bits per heavy atom. The van der Waals surface area contributed by atoms with Gasteiger partial charge >= 0.3 is 0 Å². The normalized spacial score (nSPS) is 25.3. The van der Waals surface area contributed by atoms with E-state index in [1.54, 1.807) is 0 Å². The fraction of sp³-hybridized carbons (Fsp3) is 0.800. The molecule has 0 atom stereocenters. The van der Waals surface area contributed by atoms with E-state index in [-0.39, 0.29) is 16.6 Å². The molecule has 0 unspecified atom stereocenters. The molecule has 2 aliphatic rings. The summed E-state index contributed by atoms with van der Waals surface area (Å²) in [5, 5.41) is -0.0759. The Labute approximate surface area is 99.4 Å². The van der Waals surface area contributed by atoms with Crippen LogP contribution in [0.3, 0.4) is 0 Å². The zero-order chi connectivity index (χ0) is 10.9. The highest BCUT2D eigenvalue weighted by molar-refractivity contribution is 8.14. The third-order valence-electron chi connectivity index (χ3n) is 3.33. The topological polar surface area (TPSA) is 37.4 Å². The maximum atomic E-state index is 11.5. The van der Waals surface area contributed by atoms with Crippen molar-refractivity contribution in [3.63, 3.8) is 0 Å². The molecular weight excluding hydrogens is 230 g/mol. The molecule has 0 bridgehead atoms. The highest BCUT2D eigenvalue weighted by Gasteiger charge is 2.40. The maximum Gasteiger partial charge on any atom is 0.288 e. The van der Waals surface area contributed by atoms with E-state index in [0.29, 0.717) is 12.3 Å². The van der Waals surface area contributed by atoms with Crippen LogP contribution in [-0.4, -0.2) is 34.1 Å². The van der Waals surface area contributed by atoms with Crippen molar-refractivity contribution in [3.05, 3.63) is 0 Å². The summed E-state index contributed by atoms with van der Waals surface area (Å²) in [4.78, 5) is 24.4. The molecule has 0 spiro atoms. The molecule has 3 nitrogen and oxygen atoms in total. The Morgan fingerprint density at radius 3 is 2.47 bits per heavy atom. The van der Waals surface area contributed by atoms with Crippen LogP contribution in [0.5, 0.6) is 0 Å². The smallest absolute Gasteiger partial charge is 0.273 e. The number of nitrogens with zero attached hydrogens (tertiary/aromatic N) is 1. The van der Waals surface area contributed by atoms with Crippen LogP contribution in [0, 0.1) is 5.41 Å². The largest absolute Gasteiger partial charge is 0.288 e. The predicted octanol–water partition coefficient (Wildman–Crippen LogP) is 2.17. The fourth-order valence-electron chi connectivity index (χ4n) is 2.36. The Hall–Kier alpha value is -0.160. The Morgan fingerprint density at radius 1 is 1.33 bits per heavy atom. The zero-order valence-corrected chi connectivity index (χ0v) is 10.3. The van der Waals surface area contributed by atoms with Crippen LogP contribution in [0.25, 0.3) is 0 Å². The molecule has 0 N–H and O–H groups in total. The van der Waals surface area contributed by atoms with E-state index in [2.05, 4.69) is 12.6 Å². The zero-order valence-electron chi connectivity index (χ0n) is 8.57. The molecular formula is C10H15NO2S2. The molecule has 0 radical (unpaired) electrons. The van der Waals surface area contributed by atoms with Crippen molar-refractivity contribution >= 4 is 35.5 Å². The Kier molecular flexibility index (Phi) is 3.30. The van der Waals surface area contributed by atoms with E-state index < -0.39 is 0 Å². The van der Waals surface area contributed by atoms with Crippen LogP contribution < -0.4 is 0 Å². The van der Waals surface area contributed by atoms with Crippen LogP contribution in [-0.2, 0) is 4.79 Å². The number of carbonyl (C=O) groups is 2. The second kappa shape index (κ2) is 4.37. The lowest BCUT2D eigenvalue weighted by molar-refractivity contribution is -0.125. The predicted molar refractivity (Wildman–Crippen MR) is 64.3 cm³/mol. The fourth-order valence-corrected chi connectivity index (χ4v) is 3.50. The number of rotatable bonds is 3. The van der Waals surface area contributed by atoms with E-state index in [4.69, 9.17) is 0 Å². The van der Waals surface area contributed by atoms with E-state index in [0.717, 1.165) is 30.4 Å². The summed E-state index contributed by atoms with van der Waals surface area (Å²) in [5.41, 5.74) is 0.0966. The second-order valence-electron chi connectivity index (χ2n) is 4.40. The van der Waals surface area contributed by atoms with Crippen molar-refractivity contribution in [1.29, 1.82) is 0 Å². The molecule has 1 saturated heterocycles. The van der Waals surface area contributed by atoms with E-state index in [9.17, 15) is 9.59 Å². The Balaban J connectivity index is 2.06. The van der Waals surface area contributed by atoms with Crippen LogP contribution >= 0.6 is 24.4 Å². The van der Waals surface area contributed by atoms with Crippen molar-refractivity contribution in [3.8, 4) is 0 Å². The maximum absolute atomic E-state index is 11.5. The van der Waals surface area contributed by atoms with Gasteiger partial charge < -0.3 is 0 Å². The number of thioether (sulfide) groups is 1. The minimum atomic E-state index is -0.0759. The third kappa shape index (κ3) is 2.18. The molecule has 1 heterocycles. The summed E-state index contributed by atoms with van der Waals surface area (Å²) in [6.45, 7) is 0.584. The van der Waals surface area contributed by atoms with Crippen molar-refractivity contribution in [1.82, 2.24) is 4.90 Å². The first kappa shape index (κ1) is 11.3. The molecule has 0 aromatic carbocycles. The summed E-state index contributed by atoms with van der Waals surface area (Å²) in [7, 11) is 0. The molecule has 1 saturated carbocycles. The number of imide groups is 1. The van der Waals surface area contributed by atoms with Crippen LogP contribution in [0.15, 0.2) is 0 Å². The van der Waals surface area contributed by atoms with Gasteiger partial charge in [0.05, 0.1) is 5.75 Å². The summed E-state index contributed by atoms with van der Waals surface area (Å²) in [6.07, 6.45) is 4.59. The minimum absolute atomic E-state index is 0.0296. The standard InChI is InChI=1S/C10H15NO2S2/c12-8-5-15-9(13)11(8)6-10(7-14)3-1-2-4-10/h14H,1-7H2. The van der Waals surface area contributed by atoms with Crippen molar-refractivity contribution in [2.45, 2.75) is 25.7 Å². The summed E-state index contributed by atoms with van der Waals surface area (Å²) >= 11 is 5.50. The summed E-state index contributed by atoms with van der Waals surface area (Å²) in [6, 6.07) is 0. The van der Waals surface area contributed by atoms with E-state index in [1.165, 1.54) is 17.7 Å². The van der Waals surface area contributed by atoms with Gasteiger partial charge in [0, 0.05) is 6.54 Å². The van der Waals surface area contributed by atoms with E-state index in [1.807, 2.05) is 0 Å². The van der Waals surface area contributed by atoms with Gasteiger partial charge in [-0.3, -0.25) is 14.5 Å². The van der Waals surface area contributed by atoms with Gasteiger partial charge in [-0.05, 0) is 24.0 Å². The molecule has 1 aliphatic heterocycles. The number of amides is 2. The monoisotopic (exact) mass is 245 g/mol. The van der Waals surface area contributed by atoms with Crippen LogP contribution in [0.1, 0.15) is 25.7 Å². The van der Waals surface area contributed by atoms with Gasteiger partial charge in [0.2, 0.25) is 5.91 Å². The highest BCUT2D eigenvalue weighted by atomic mass is 32.2. The number of hydrogen-bond acceptors (Lipinski definition) is 4. The van der Waals surface area contributed by atoms with Gasteiger partial charge in [0.15, 0.2) is 0 Å². The van der Waals surface area contributed by atoms with Crippen molar-refractivity contribution in [2.75, 3.05) is 18.1 Å². The molecule has 5 heteroatoms. The lowest BCUT2D eigenvalue weighted by Crippen LogP contribution is -2.40. The first-order chi connectivity index (χ1) is 7.17. The molecule has 2 amide bonds. The van der Waals surface area contributed by atoms with Gasteiger partial charge in [-0.2, -0.15) is 12.6 Å². The summed E-state index contributed by atoms with van der Waals surface area (Å²) < 4.78 is 0. The molecule has 0 aromatic heterocycles. The van der Waals surface area contributed by atoms with Crippen molar-refractivity contribution in [2.24, 2.45) is 5.41 Å². The second-order valence-corrected chi connectivity index (χ2v) is 5.64. The van der Waals surface area contributed by atoms with Gasteiger partial charge in [-0.25, -0.2) is 0 Å². The lowest BCUT2D eigenvalue weighted by Gasteiger charge is -2.30. The quantitative estimate of drug-likeness (QED) is 0.774. The lowest BCUT2D eigenvalue weighted by atomic mass is 9.88. The average Bonchev–Trinajstić information content (AvgIpc) is 2.81. The first-order valence-corrected chi connectivity index (χ1v) is 6.87. The average molecular weight is 245 g/mol. The van der Waals surface area contributed by atoms with E-state index >= 15 is 0 Å². The summed E-state index contributed by atoms with van der Waals surface area (Å²) in [5.74, 6) is 1.06. The molecule has 1 aliphatic carbocycles. The number of carbonyl (C=O) groups excluding carboxylic acids is 2. The Bertz CT molecular complexity index is 271. The molecule has 15 heavy (non-hydrogen) atoms.